The molecule has 0 spiro atoms. The minimum absolute atomic E-state index is 0.305. The summed E-state index contributed by atoms with van der Waals surface area (Å²) in [5.41, 5.74) is 2.12. The van der Waals surface area contributed by atoms with E-state index in [1.807, 2.05) is 38.1 Å². The standard InChI is InChI=1S/C16H18BrNO2S/c1-3-18(12-14-8-6-7-13(2)11-14)21(19,20)16-10-5-4-9-15(16)17/h4-11H,3,12H2,1-2H3. The van der Waals surface area contributed by atoms with Crippen molar-refractivity contribution in [1.29, 1.82) is 0 Å². The highest BCUT2D eigenvalue weighted by Crippen LogP contribution is 2.25. The number of nitrogens with zero attached hydrogens (tertiary/aromatic N) is 1. The Balaban J connectivity index is 2.35. The van der Waals surface area contributed by atoms with E-state index < -0.39 is 10.0 Å². The number of rotatable bonds is 5. The molecule has 0 aliphatic carbocycles. The third kappa shape index (κ3) is 3.73. The molecule has 2 aromatic carbocycles. The van der Waals surface area contributed by atoms with Crippen molar-refractivity contribution >= 4 is 26.0 Å². The van der Waals surface area contributed by atoms with E-state index in [0.29, 0.717) is 22.5 Å². The molecule has 21 heavy (non-hydrogen) atoms. The van der Waals surface area contributed by atoms with Gasteiger partial charge in [-0.15, -0.1) is 0 Å². The van der Waals surface area contributed by atoms with Gasteiger partial charge < -0.3 is 0 Å². The summed E-state index contributed by atoms with van der Waals surface area (Å²) in [6.07, 6.45) is 0. The first kappa shape index (κ1) is 16.2. The van der Waals surface area contributed by atoms with Crippen molar-refractivity contribution in [3.8, 4) is 0 Å². The lowest BCUT2D eigenvalue weighted by atomic mass is 10.1. The van der Waals surface area contributed by atoms with E-state index in [-0.39, 0.29) is 0 Å². The molecule has 0 heterocycles. The first-order valence-electron chi connectivity index (χ1n) is 6.75. The predicted molar refractivity (Wildman–Crippen MR) is 88.6 cm³/mol. The van der Waals surface area contributed by atoms with Gasteiger partial charge in [-0.2, -0.15) is 4.31 Å². The van der Waals surface area contributed by atoms with E-state index in [2.05, 4.69) is 15.9 Å². The van der Waals surface area contributed by atoms with Gasteiger partial charge in [0, 0.05) is 17.6 Å². The molecule has 0 atom stereocenters. The smallest absolute Gasteiger partial charge is 0.207 e. The van der Waals surface area contributed by atoms with E-state index >= 15 is 0 Å². The topological polar surface area (TPSA) is 37.4 Å². The molecule has 0 aliphatic heterocycles. The Bertz CT molecular complexity index is 729. The molecule has 0 aromatic heterocycles. The number of sulfonamides is 1. The average molecular weight is 368 g/mol. The zero-order valence-corrected chi connectivity index (χ0v) is 14.5. The van der Waals surface area contributed by atoms with Crippen molar-refractivity contribution in [1.82, 2.24) is 4.31 Å². The summed E-state index contributed by atoms with van der Waals surface area (Å²) in [7, 11) is -3.51. The van der Waals surface area contributed by atoms with Crippen LogP contribution in [-0.2, 0) is 16.6 Å². The zero-order valence-electron chi connectivity index (χ0n) is 12.1. The van der Waals surface area contributed by atoms with Gasteiger partial charge in [0.05, 0.1) is 4.90 Å². The molecule has 0 saturated carbocycles. The van der Waals surface area contributed by atoms with E-state index in [4.69, 9.17) is 0 Å². The highest BCUT2D eigenvalue weighted by molar-refractivity contribution is 9.10. The van der Waals surface area contributed by atoms with Gasteiger partial charge in [0.2, 0.25) is 10.0 Å². The number of aryl methyl sites for hydroxylation is 1. The Morgan fingerprint density at radius 1 is 1.10 bits per heavy atom. The van der Waals surface area contributed by atoms with Crippen molar-refractivity contribution in [3.63, 3.8) is 0 Å². The first-order chi connectivity index (χ1) is 9.95. The van der Waals surface area contributed by atoms with Crippen LogP contribution in [0.1, 0.15) is 18.1 Å². The van der Waals surface area contributed by atoms with E-state index in [0.717, 1.165) is 11.1 Å². The summed E-state index contributed by atoms with van der Waals surface area (Å²) < 4.78 is 27.6. The van der Waals surface area contributed by atoms with Gasteiger partial charge in [-0.05, 0) is 40.5 Å². The lowest BCUT2D eigenvalue weighted by Gasteiger charge is -2.21. The normalized spacial score (nSPS) is 11.8. The fourth-order valence-corrected chi connectivity index (χ4v) is 4.57. The fraction of sp³-hybridized carbons (Fsp3) is 0.250. The van der Waals surface area contributed by atoms with Gasteiger partial charge in [-0.1, -0.05) is 48.9 Å². The minimum Gasteiger partial charge on any atom is -0.207 e. The predicted octanol–water partition coefficient (Wildman–Crippen LogP) is 3.97. The molecule has 0 radical (unpaired) electrons. The van der Waals surface area contributed by atoms with E-state index in [1.165, 1.54) is 4.31 Å². The van der Waals surface area contributed by atoms with Gasteiger partial charge in [-0.25, -0.2) is 8.42 Å². The van der Waals surface area contributed by atoms with Gasteiger partial charge in [0.15, 0.2) is 0 Å². The minimum atomic E-state index is -3.51. The van der Waals surface area contributed by atoms with Crippen molar-refractivity contribution in [2.45, 2.75) is 25.3 Å². The molecular weight excluding hydrogens is 350 g/mol. The Labute approximate surface area is 134 Å². The summed E-state index contributed by atoms with van der Waals surface area (Å²) in [5, 5.41) is 0. The summed E-state index contributed by atoms with van der Waals surface area (Å²) in [6.45, 7) is 4.66. The van der Waals surface area contributed by atoms with Gasteiger partial charge in [0.25, 0.3) is 0 Å². The fourth-order valence-electron chi connectivity index (χ4n) is 2.17. The van der Waals surface area contributed by atoms with Crippen LogP contribution in [0.15, 0.2) is 57.9 Å². The van der Waals surface area contributed by atoms with Gasteiger partial charge >= 0.3 is 0 Å². The summed E-state index contributed by atoms with van der Waals surface area (Å²) in [4.78, 5) is 0.305. The molecule has 5 heteroatoms. The third-order valence-corrected chi connectivity index (χ3v) is 6.18. The number of halogens is 1. The Morgan fingerprint density at radius 2 is 1.81 bits per heavy atom. The summed E-state index contributed by atoms with van der Waals surface area (Å²) in [5.74, 6) is 0. The maximum atomic E-state index is 12.8. The van der Waals surface area contributed by atoms with Crippen LogP contribution in [0.4, 0.5) is 0 Å². The molecule has 2 aromatic rings. The van der Waals surface area contributed by atoms with Crippen LogP contribution in [0.5, 0.6) is 0 Å². The van der Waals surface area contributed by atoms with Crippen LogP contribution in [-0.4, -0.2) is 19.3 Å². The molecule has 2 rings (SSSR count). The van der Waals surface area contributed by atoms with Crippen LogP contribution >= 0.6 is 15.9 Å². The Hall–Kier alpha value is -1.17. The molecule has 0 aliphatic rings. The SMILES string of the molecule is CCN(Cc1cccc(C)c1)S(=O)(=O)c1ccccc1Br. The molecule has 3 nitrogen and oxygen atoms in total. The van der Waals surface area contributed by atoms with Gasteiger partial charge in [-0.3, -0.25) is 0 Å². The molecular formula is C16H18BrNO2S. The number of hydrogen-bond acceptors (Lipinski definition) is 2. The largest absolute Gasteiger partial charge is 0.244 e. The Kier molecular flexibility index (Phi) is 5.19. The molecule has 0 bridgehead atoms. The van der Waals surface area contributed by atoms with Crippen LogP contribution in [0, 0.1) is 6.92 Å². The maximum absolute atomic E-state index is 12.8. The molecule has 0 unspecified atom stereocenters. The average Bonchev–Trinajstić information content (AvgIpc) is 2.45. The molecule has 112 valence electrons. The lowest BCUT2D eigenvalue weighted by Crippen LogP contribution is -2.30. The monoisotopic (exact) mass is 367 g/mol. The zero-order chi connectivity index (χ0) is 15.5. The summed E-state index contributed by atoms with van der Waals surface area (Å²) >= 11 is 3.32. The van der Waals surface area contributed by atoms with Crippen LogP contribution in [0.25, 0.3) is 0 Å². The van der Waals surface area contributed by atoms with Crippen LogP contribution < -0.4 is 0 Å². The Morgan fingerprint density at radius 3 is 2.43 bits per heavy atom. The van der Waals surface area contributed by atoms with Crippen molar-refractivity contribution in [2.24, 2.45) is 0 Å². The van der Waals surface area contributed by atoms with Crippen molar-refractivity contribution in [2.75, 3.05) is 6.54 Å². The number of hydrogen-bond donors (Lipinski definition) is 0. The highest BCUT2D eigenvalue weighted by atomic mass is 79.9. The van der Waals surface area contributed by atoms with E-state index in [9.17, 15) is 8.42 Å². The van der Waals surface area contributed by atoms with Crippen LogP contribution in [0.3, 0.4) is 0 Å². The lowest BCUT2D eigenvalue weighted by molar-refractivity contribution is 0.423. The first-order valence-corrected chi connectivity index (χ1v) is 8.98. The maximum Gasteiger partial charge on any atom is 0.244 e. The second kappa shape index (κ2) is 6.73. The quantitative estimate of drug-likeness (QED) is 0.801. The summed E-state index contributed by atoms with van der Waals surface area (Å²) in [6, 6.07) is 14.8. The van der Waals surface area contributed by atoms with Crippen LogP contribution in [0.2, 0.25) is 0 Å². The second-order valence-corrected chi connectivity index (χ2v) is 7.61. The van der Waals surface area contributed by atoms with Gasteiger partial charge in [0.1, 0.15) is 0 Å². The third-order valence-electron chi connectivity index (χ3n) is 3.25. The molecule has 0 saturated heterocycles. The van der Waals surface area contributed by atoms with E-state index in [1.54, 1.807) is 24.3 Å². The highest BCUT2D eigenvalue weighted by Gasteiger charge is 2.25. The second-order valence-electron chi connectivity index (χ2n) is 4.85. The molecule has 0 N–H and O–H groups in total. The number of benzene rings is 2. The van der Waals surface area contributed by atoms with Crippen molar-refractivity contribution < 1.29 is 8.42 Å². The molecule has 0 fully saturated rings. The molecule has 0 amide bonds. The van der Waals surface area contributed by atoms with Crippen molar-refractivity contribution in [3.05, 3.63) is 64.1 Å².